The van der Waals surface area contributed by atoms with Gasteiger partial charge in [-0.3, -0.25) is 0 Å². The predicted molar refractivity (Wildman–Crippen MR) is 130 cm³/mol. The van der Waals surface area contributed by atoms with Gasteiger partial charge in [-0.2, -0.15) is 13.2 Å². The van der Waals surface area contributed by atoms with Gasteiger partial charge >= 0.3 is 6.18 Å². The Hall–Kier alpha value is -0.550. The highest BCUT2D eigenvalue weighted by Gasteiger charge is 2.63. The number of allylic oxidation sites excluding steroid dienone is 1. The number of halogens is 3. The molecule has 0 spiro atoms. The number of aliphatic hydroxyl groups excluding tert-OH is 1. The molecule has 3 fully saturated rings. The molecular weight excluding hydrogens is 437 g/mol. The van der Waals surface area contributed by atoms with Gasteiger partial charge in [0.25, 0.3) is 0 Å². The van der Waals surface area contributed by atoms with Gasteiger partial charge in [-0.1, -0.05) is 53.2 Å². The van der Waals surface area contributed by atoms with Gasteiger partial charge in [-0.15, -0.1) is 0 Å². The largest absolute Gasteiger partial charge is 0.417 e. The lowest BCUT2D eigenvalue weighted by Gasteiger charge is -2.59. The van der Waals surface area contributed by atoms with Crippen LogP contribution in [0.4, 0.5) is 13.2 Å². The second-order valence-electron chi connectivity index (χ2n) is 14.1. The minimum absolute atomic E-state index is 0.0836. The number of aliphatic hydroxyl groups is 2. The van der Waals surface area contributed by atoms with Crippen LogP contribution < -0.4 is 0 Å². The fraction of sp³-hybridized carbons (Fsp3) is 0.931. The third-order valence-electron chi connectivity index (χ3n) is 11.3. The van der Waals surface area contributed by atoms with Crippen LogP contribution in [0.1, 0.15) is 106 Å². The maximum atomic E-state index is 13.6. The first-order chi connectivity index (χ1) is 15.5. The van der Waals surface area contributed by atoms with Crippen LogP contribution in [0, 0.1) is 45.8 Å². The molecule has 4 rings (SSSR count). The van der Waals surface area contributed by atoms with E-state index in [1.54, 1.807) is 0 Å². The fourth-order valence-corrected chi connectivity index (χ4v) is 8.92. The van der Waals surface area contributed by atoms with Crippen molar-refractivity contribution in [2.45, 2.75) is 124 Å². The maximum Gasteiger partial charge on any atom is 0.417 e. The van der Waals surface area contributed by atoms with Gasteiger partial charge in [-0.25, -0.2) is 0 Å². The third-order valence-corrected chi connectivity index (χ3v) is 11.3. The van der Waals surface area contributed by atoms with E-state index in [0.29, 0.717) is 36.0 Å². The average molecular weight is 485 g/mol. The second-order valence-corrected chi connectivity index (χ2v) is 14.1. The van der Waals surface area contributed by atoms with Gasteiger partial charge in [0.1, 0.15) is 0 Å². The minimum Gasteiger partial charge on any atom is -0.393 e. The summed E-state index contributed by atoms with van der Waals surface area (Å²) in [6.45, 7) is 13.4. The molecule has 0 bridgehead atoms. The monoisotopic (exact) mass is 484 g/mol. The molecule has 5 heteroatoms. The molecule has 0 aliphatic heterocycles. The Balaban J connectivity index is 1.49. The van der Waals surface area contributed by atoms with E-state index in [9.17, 15) is 23.4 Å². The number of alkyl halides is 3. The van der Waals surface area contributed by atoms with Gasteiger partial charge < -0.3 is 10.2 Å². The van der Waals surface area contributed by atoms with Crippen molar-refractivity contribution in [2.24, 2.45) is 45.8 Å². The van der Waals surface area contributed by atoms with Crippen LogP contribution in [0.2, 0.25) is 0 Å². The Morgan fingerprint density at radius 3 is 2.29 bits per heavy atom. The lowest BCUT2D eigenvalue weighted by molar-refractivity contribution is -0.271. The van der Waals surface area contributed by atoms with Gasteiger partial charge in [0.15, 0.2) is 5.60 Å². The number of fused-ring (bicyclic) bond motifs is 5. The minimum atomic E-state index is -4.56. The average Bonchev–Trinajstić information content (AvgIpc) is 3.08. The molecule has 4 aliphatic rings. The Morgan fingerprint density at radius 1 is 1.00 bits per heavy atom. The molecule has 4 aliphatic carbocycles. The summed E-state index contributed by atoms with van der Waals surface area (Å²) < 4.78 is 40.7. The first kappa shape index (κ1) is 26.5. The van der Waals surface area contributed by atoms with E-state index in [-0.39, 0.29) is 35.2 Å². The molecule has 2 unspecified atom stereocenters. The molecule has 34 heavy (non-hydrogen) atoms. The van der Waals surface area contributed by atoms with E-state index in [2.05, 4.69) is 47.6 Å². The Bertz CT molecular complexity index is 798. The molecule has 3 saturated carbocycles. The quantitative estimate of drug-likeness (QED) is 0.402. The van der Waals surface area contributed by atoms with Crippen LogP contribution in [0.15, 0.2) is 11.6 Å². The van der Waals surface area contributed by atoms with Crippen molar-refractivity contribution >= 4 is 0 Å². The summed E-state index contributed by atoms with van der Waals surface area (Å²) in [5.41, 5.74) is -1.69. The first-order valence-electron chi connectivity index (χ1n) is 13.7. The molecule has 9 atom stereocenters. The van der Waals surface area contributed by atoms with Crippen molar-refractivity contribution in [1.82, 2.24) is 0 Å². The summed E-state index contributed by atoms with van der Waals surface area (Å²) in [6, 6.07) is 0. The molecule has 2 nitrogen and oxygen atoms in total. The van der Waals surface area contributed by atoms with Crippen LogP contribution in [0.5, 0.6) is 0 Å². The maximum absolute atomic E-state index is 13.6. The highest BCUT2D eigenvalue weighted by atomic mass is 19.4. The zero-order chi connectivity index (χ0) is 25.3. The molecule has 0 aromatic rings. The van der Waals surface area contributed by atoms with Crippen molar-refractivity contribution in [2.75, 3.05) is 0 Å². The zero-order valence-corrected chi connectivity index (χ0v) is 22.1. The summed E-state index contributed by atoms with van der Waals surface area (Å²) in [4.78, 5) is 0. The first-order valence-corrected chi connectivity index (χ1v) is 13.7. The van der Waals surface area contributed by atoms with Crippen LogP contribution >= 0.6 is 0 Å². The summed E-state index contributed by atoms with van der Waals surface area (Å²) in [5, 5.41) is 21.0. The van der Waals surface area contributed by atoms with E-state index < -0.39 is 11.8 Å². The van der Waals surface area contributed by atoms with Crippen molar-refractivity contribution in [3.63, 3.8) is 0 Å². The molecule has 0 radical (unpaired) electrons. The summed E-state index contributed by atoms with van der Waals surface area (Å²) in [5.74, 6) is 2.84. The standard InChI is InChI=1S/C29H47F3O2/c1-18(7-12-24(33)25(2,3)4)21-10-11-22-20-9-8-19-17-28(34,29(30,31)32)16-15-26(19,5)23(20)13-14-27(21,22)6/h8,18,20-24,33-34H,7,9-17H2,1-6H3/t18-,20+,21-,22?,23?,24+,26+,27-,28+/m1/s1. The van der Waals surface area contributed by atoms with E-state index in [1.807, 2.05) is 0 Å². The van der Waals surface area contributed by atoms with Crippen LogP contribution in [0.25, 0.3) is 0 Å². The Labute approximate surface area is 204 Å². The molecule has 0 aromatic heterocycles. The highest BCUT2D eigenvalue weighted by molar-refractivity contribution is 5.28. The van der Waals surface area contributed by atoms with Crippen LogP contribution in [-0.2, 0) is 0 Å². The van der Waals surface area contributed by atoms with Gasteiger partial charge in [-0.05, 0) is 104 Å². The topological polar surface area (TPSA) is 40.5 Å². The lowest BCUT2D eigenvalue weighted by Crippen LogP contribution is -2.55. The van der Waals surface area contributed by atoms with Crippen molar-refractivity contribution in [3.05, 3.63) is 11.6 Å². The van der Waals surface area contributed by atoms with E-state index in [4.69, 9.17) is 0 Å². The smallest absolute Gasteiger partial charge is 0.393 e. The van der Waals surface area contributed by atoms with E-state index >= 15 is 0 Å². The third kappa shape index (κ3) is 4.19. The predicted octanol–water partition coefficient (Wildman–Crippen LogP) is 7.68. The Morgan fingerprint density at radius 2 is 1.68 bits per heavy atom. The molecular formula is C29H47F3O2. The fourth-order valence-electron chi connectivity index (χ4n) is 8.92. The number of hydrogen-bond donors (Lipinski definition) is 2. The normalized spacial score (nSPS) is 44.5. The molecule has 0 saturated heterocycles. The zero-order valence-electron chi connectivity index (χ0n) is 22.1. The lowest BCUT2D eigenvalue weighted by atomic mass is 9.46. The molecule has 196 valence electrons. The molecule has 0 heterocycles. The summed E-state index contributed by atoms with van der Waals surface area (Å²) in [7, 11) is 0. The van der Waals surface area contributed by atoms with Gasteiger partial charge in [0.2, 0.25) is 0 Å². The Kier molecular flexibility index (Phi) is 6.63. The molecule has 2 N–H and O–H groups in total. The van der Waals surface area contributed by atoms with E-state index in [0.717, 1.165) is 37.7 Å². The van der Waals surface area contributed by atoms with Crippen LogP contribution in [0.3, 0.4) is 0 Å². The summed E-state index contributed by atoms with van der Waals surface area (Å²) in [6.07, 6.45) is 4.74. The summed E-state index contributed by atoms with van der Waals surface area (Å²) >= 11 is 0. The van der Waals surface area contributed by atoms with Crippen LogP contribution in [-0.4, -0.2) is 28.1 Å². The van der Waals surface area contributed by atoms with E-state index in [1.165, 1.54) is 12.8 Å². The van der Waals surface area contributed by atoms with Crippen molar-refractivity contribution in [1.29, 1.82) is 0 Å². The number of rotatable bonds is 4. The van der Waals surface area contributed by atoms with Gasteiger partial charge in [0, 0.05) is 6.42 Å². The van der Waals surface area contributed by atoms with Crippen molar-refractivity contribution < 1.29 is 23.4 Å². The second kappa shape index (κ2) is 8.50. The van der Waals surface area contributed by atoms with Crippen molar-refractivity contribution in [3.8, 4) is 0 Å². The number of hydrogen-bond acceptors (Lipinski definition) is 2. The SMILES string of the molecule is C[C@H](CC[C@H](O)C(C)(C)C)[C@H]1CCC2[C@@H]3CC=C4C[C@](O)(C(F)(F)F)CC[C@]4(C)C3CC[C@@]21C. The van der Waals surface area contributed by atoms with Gasteiger partial charge in [0.05, 0.1) is 6.10 Å². The molecule has 0 amide bonds. The highest BCUT2D eigenvalue weighted by Crippen LogP contribution is 2.68. The molecule has 0 aromatic carbocycles.